The van der Waals surface area contributed by atoms with E-state index in [0.29, 0.717) is 31.6 Å². The number of piperidine rings is 1. The molecule has 0 bridgehead atoms. The lowest BCUT2D eigenvalue weighted by Crippen LogP contribution is -2.50. The Hall–Kier alpha value is -0.980. The summed E-state index contributed by atoms with van der Waals surface area (Å²) < 4.78 is 19.9. The smallest absolute Gasteiger partial charge is 0.223 e. The lowest BCUT2D eigenvalue weighted by molar-refractivity contribution is -0.138. The summed E-state index contributed by atoms with van der Waals surface area (Å²) in [6.45, 7) is 0.824. The van der Waals surface area contributed by atoms with Gasteiger partial charge < -0.3 is 15.4 Å². The fourth-order valence-electron chi connectivity index (χ4n) is 2.57. The number of likely N-dealkylation sites (tertiary alicyclic amines) is 1. The molecule has 2 rings (SSSR count). The van der Waals surface area contributed by atoms with Crippen LogP contribution in [0.2, 0.25) is 0 Å². The molecule has 1 saturated heterocycles. The number of halogens is 2. The Bertz CT molecular complexity index is 498. The van der Waals surface area contributed by atoms with E-state index in [-0.39, 0.29) is 17.8 Å². The molecular formula is C14H18BrFN2O2. The molecule has 4 nitrogen and oxygen atoms in total. The summed E-state index contributed by atoms with van der Waals surface area (Å²) in [4.78, 5) is 13.7. The van der Waals surface area contributed by atoms with E-state index in [9.17, 15) is 9.18 Å². The van der Waals surface area contributed by atoms with Crippen LogP contribution in [0.1, 0.15) is 24.4 Å². The van der Waals surface area contributed by atoms with Gasteiger partial charge in [0.2, 0.25) is 5.91 Å². The highest BCUT2D eigenvalue weighted by Gasteiger charge is 2.36. The van der Waals surface area contributed by atoms with Crippen molar-refractivity contribution in [2.75, 3.05) is 20.3 Å². The summed E-state index contributed by atoms with van der Waals surface area (Å²) in [7, 11) is 1.57. The highest BCUT2D eigenvalue weighted by molar-refractivity contribution is 9.10. The summed E-state index contributed by atoms with van der Waals surface area (Å²) in [6, 6.07) is 4.00. The minimum absolute atomic E-state index is 0.00637. The lowest BCUT2D eigenvalue weighted by Gasteiger charge is -2.40. The third kappa shape index (κ3) is 3.19. The molecule has 6 heteroatoms. The van der Waals surface area contributed by atoms with Crippen LogP contribution in [0.5, 0.6) is 0 Å². The van der Waals surface area contributed by atoms with Gasteiger partial charge in [0.05, 0.1) is 12.6 Å². The molecule has 2 N–H and O–H groups in total. The Balaban J connectivity index is 2.36. The second-order valence-corrected chi connectivity index (χ2v) is 5.81. The van der Waals surface area contributed by atoms with Gasteiger partial charge in [0.15, 0.2) is 0 Å². The van der Waals surface area contributed by atoms with Gasteiger partial charge in [-0.3, -0.25) is 4.79 Å². The number of rotatable bonds is 4. The Labute approximate surface area is 126 Å². The molecule has 1 heterocycles. The van der Waals surface area contributed by atoms with Crippen molar-refractivity contribution in [3.8, 4) is 0 Å². The second-order valence-electron chi connectivity index (χ2n) is 4.89. The first-order chi connectivity index (χ1) is 9.54. The van der Waals surface area contributed by atoms with Gasteiger partial charge in [0.1, 0.15) is 5.82 Å². The largest absolute Gasteiger partial charge is 0.383 e. The molecule has 1 aromatic rings. The van der Waals surface area contributed by atoms with E-state index in [2.05, 4.69) is 15.9 Å². The molecule has 2 unspecified atom stereocenters. The first-order valence-corrected chi connectivity index (χ1v) is 7.33. The summed E-state index contributed by atoms with van der Waals surface area (Å²) in [5, 5.41) is 0. The molecule has 0 saturated carbocycles. The summed E-state index contributed by atoms with van der Waals surface area (Å²) >= 11 is 3.33. The van der Waals surface area contributed by atoms with Gasteiger partial charge in [0.25, 0.3) is 0 Å². The van der Waals surface area contributed by atoms with Gasteiger partial charge in [-0.25, -0.2) is 4.39 Å². The van der Waals surface area contributed by atoms with Crippen LogP contribution in [-0.2, 0) is 9.53 Å². The quantitative estimate of drug-likeness (QED) is 0.911. The summed E-state index contributed by atoms with van der Waals surface area (Å²) in [6.07, 6.45) is 0.968. The molecule has 0 aromatic heterocycles. The minimum atomic E-state index is -0.441. The van der Waals surface area contributed by atoms with Gasteiger partial charge in [-0.2, -0.15) is 0 Å². The summed E-state index contributed by atoms with van der Waals surface area (Å²) in [5.74, 6) is -0.348. The first-order valence-electron chi connectivity index (χ1n) is 6.53. The number of carbonyl (C=O) groups excluding carboxylic acids is 1. The van der Waals surface area contributed by atoms with E-state index in [1.54, 1.807) is 24.1 Å². The zero-order valence-corrected chi connectivity index (χ0v) is 12.9. The van der Waals surface area contributed by atoms with Crippen LogP contribution in [0.4, 0.5) is 4.39 Å². The standard InChI is InChI=1S/C14H18BrFN2O2/c1-20-7-6-18-13(19)5-4-12(17)14(18)10-8-9(15)2-3-11(10)16/h2-3,8,12,14H,4-7,17H2,1H3. The normalized spacial score (nSPS) is 23.2. The van der Waals surface area contributed by atoms with E-state index in [1.165, 1.54) is 6.07 Å². The number of amides is 1. The highest BCUT2D eigenvalue weighted by Crippen LogP contribution is 2.33. The van der Waals surface area contributed by atoms with E-state index in [1.807, 2.05) is 0 Å². The SMILES string of the molecule is COCCN1C(=O)CCC(N)C1c1cc(Br)ccc1F. The predicted octanol–water partition coefficient (Wildman–Crippen LogP) is 2.23. The molecule has 1 aliphatic heterocycles. The van der Waals surface area contributed by atoms with Crippen LogP contribution in [-0.4, -0.2) is 37.1 Å². The third-order valence-electron chi connectivity index (χ3n) is 3.57. The van der Waals surface area contributed by atoms with Crippen LogP contribution >= 0.6 is 15.9 Å². The highest BCUT2D eigenvalue weighted by atomic mass is 79.9. The van der Waals surface area contributed by atoms with Crippen LogP contribution < -0.4 is 5.73 Å². The number of hydrogen-bond donors (Lipinski definition) is 1. The van der Waals surface area contributed by atoms with Crippen molar-refractivity contribution in [1.82, 2.24) is 4.90 Å². The third-order valence-corrected chi connectivity index (χ3v) is 4.06. The van der Waals surface area contributed by atoms with Crippen LogP contribution in [0, 0.1) is 5.82 Å². The lowest BCUT2D eigenvalue weighted by atomic mass is 9.90. The Morgan fingerprint density at radius 3 is 3.00 bits per heavy atom. The molecule has 1 fully saturated rings. The molecule has 1 amide bonds. The van der Waals surface area contributed by atoms with Gasteiger partial charge in [-0.1, -0.05) is 15.9 Å². The maximum absolute atomic E-state index is 14.1. The Morgan fingerprint density at radius 1 is 1.55 bits per heavy atom. The molecule has 20 heavy (non-hydrogen) atoms. The van der Waals surface area contributed by atoms with Crippen molar-refractivity contribution in [1.29, 1.82) is 0 Å². The molecule has 1 aromatic carbocycles. The fourth-order valence-corrected chi connectivity index (χ4v) is 2.95. The molecular weight excluding hydrogens is 327 g/mol. The fraction of sp³-hybridized carbons (Fsp3) is 0.500. The van der Waals surface area contributed by atoms with Crippen LogP contribution in [0.15, 0.2) is 22.7 Å². The van der Waals surface area contributed by atoms with Crippen molar-refractivity contribution in [2.24, 2.45) is 5.73 Å². The number of benzene rings is 1. The van der Waals surface area contributed by atoms with Gasteiger partial charge in [-0.15, -0.1) is 0 Å². The van der Waals surface area contributed by atoms with E-state index >= 15 is 0 Å². The zero-order chi connectivity index (χ0) is 14.7. The number of ether oxygens (including phenoxy) is 1. The molecule has 0 radical (unpaired) electrons. The molecule has 0 aliphatic carbocycles. The molecule has 0 spiro atoms. The second kappa shape index (κ2) is 6.65. The van der Waals surface area contributed by atoms with E-state index in [0.717, 1.165) is 4.47 Å². The average molecular weight is 345 g/mol. The van der Waals surface area contributed by atoms with Crippen molar-refractivity contribution in [2.45, 2.75) is 24.9 Å². The Kier molecular flexibility index (Phi) is 5.12. The average Bonchev–Trinajstić information content (AvgIpc) is 2.42. The number of nitrogens with zero attached hydrogens (tertiary/aromatic N) is 1. The minimum Gasteiger partial charge on any atom is -0.383 e. The first kappa shape index (κ1) is 15.4. The van der Waals surface area contributed by atoms with Crippen molar-refractivity contribution in [3.05, 3.63) is 34.1 Å². The van der Waals surface area contributed by atoms with E-state index in [4.69, 9.17) is 10.5 Å². The monoisotopic (exact) mass is 344 g/mol. The van der Waals surface area contributed by atoms with Gasteiger partial charge >= 0.3 is 0 Å². The topological polar surface area (TPSA) is 55.6 Å². The predicted molar refractivity (Wildman–Crippen MR) is 77.6 cm³/mol. The summed E-state index contributed by atoms with van der Waals surface area (Å²) in [5.41, 5.74) is 6.59. The van der Waals surface area contributed by atoms with E-state index < -0.39 is 6.04 Å². The van der Waals surface area contributed by atoms with Crippen molar-refractivity contribution in [3.63, 3.8) is 0 Å². The number of nitrogens with two attached hydrogens (primary N) is 1. The number of hydrogen-bond acceptors (Lipinski definition) is 3. The Morgan fingerprint density at radius 2 is 2.30 bits per heavy atom. The van der Waals surface area contributed by atoms with Crippen LogP contribution in [0.25, 0.3) is 0 Å². The maximum atomic E-state index is 14.1. The maximum Gasteiger partial charge on any atom is 0.223 e. The number of methoxy groups -OCH3 is 1. The molecule has 110 valence electrons. The molecule has 2 atom stereocenters. The number of carbonyl (C=O) groups is 1. The van der Waals surface area contributed by atoms with Gasteiger partial charge in [0, 0.05) is 36.2 Å². The zero-order valence-electron chi connectivity index (χ0n) is 11.3. The molecule has 1 aliphatic rings. The van der Waals surface area contributed by atoms with Crippen LogP contribution in [0.3, 0.4) is 0 Å². The van der Waals surface area contributed by atoms with Crippen molar-refractivity contribution >= 4 is 21.8 Å². The van der Waals surface area contributed by atoms with Gasteiger partial charge in [-0.05, 0) is 24.6 Å². The van der Waals surface area contributed by atoms with Crippen molar-refractivity contribution < 1.29 is 13.9 Å².